The molecule has 1 unspecified atom stereocenters. The lowest BCUT2D eigenvalue weighted by Gasteiger charge is -2.21. The van der Waals surface area contributed by atoms with E-state index in [0.29, 0.717) is 11.6 Å². The van der Waals surface area contributed by atoms with E-state index in [2.05, 4.69) is 24.2 Å². The minimum absolute atomic E-state index is 0.0657. The molecule has 0 aliphatic carbocycles. The van der Waals surface area contributed by atoms with Crippen molar-refractivity contribution in [2.24, 2.45) is 5.92 Å². The SMILES string of the molecule is CC(C)CCn1cc(C(=O)N(C)C(C)CO)nn1. The number of rotatable bonds is 6. The largest absolute Gasteiger partial charge is 0.394 e. The van der Waals surface area contributed by atoms with Crippen LogP contribution in [-0.4, -0.2) is 50.6 Å². The second kappa shape index (κ2) is 6.49. The molecule has 0 spiro atoms. The number of aromatic nitrogens is 3. The van der Waals surface area contributed by atoms with Crippen molar-refractivity contribution in [2.75, 3.05) is 13.7 Å². The summed E-state index contributed by atoms with van der Waals surface area (Å²) in [6.07, 6.45) is 2.66. The zero-order chi connectivity index (χ0) is 13.7. The van der Waals surface area contributed by atoms with Gasteiger partial charge in [-0.3, -0.25) is 9.48 Å². The Labute approximate surface area is 108 Å². The molecule has 6 nitrogen and oxygen atoms in total. The van der Waals surface area contributed by atoms with Crippen molar-refractivity contribution in [1.82, 2.24) is 19.9 Å². The van der Waals surface area contributed by atoms with Crippen LogP contribution in [0.25, 0.3) is 0 Å². The molecule has 0 fully saturated rings. The summed E-state index contributed by atoms with van der Waals surface area (Å²) in [7, 11) is 1.65. The van der Waals surface area contributed by atoms with Gasteiger partial charge < -0.3 is 10.0 Å². The lowest BCUT2D eigenvalue weighted by molar-refractivity contribution is 0.0676. The van der Waals surface area contributed by atoms with Gasteiger partial charge in [0.1, 0.15) is 0 Å². The molecule has 1 N–H and O–H groups in total. The first-order valence-corrected chi connectivity index (χ1v) is 6.23. The van der Waals surface area contributed by atoms with E-state index in [1.807, 2.05) is 0 Å². The summed E-state index contributed by atoms with van der Waals surface area (Å²) in [6, 6.07) is -0.224. The van der Waals surface area contributed by atoms with Crippen LogP contribution >= 0.6 is 0 Å². The lowest BCUT2D eigenvalue weighted by Crippen LogP contribution is -2.37. The summed E-state index contributed by atoms with van der Waals surface area (Å²) in [6.45, 7) is 6.75. The van der Waals surface area contributed by atoms with Crippen molar-refractivity contribution < 1.29 is 9.90 Å². The molecular formula is C12H22N4O2. The second-order valence-electron chi connectivity index (χ2n) is 5.00. The van der Waals surface area contributed by atoms with Crippen LogP contribution in [0.4, 0.5) is 0 Å². The fourth-order valence-corrected chi connectivity index (χ4v) is 1.40. The van der Waals surface area contributed by atoms with Crippen molar-refractivity contribution in [3.8, 4) is 0 Å². The Kier molecular flexibility index (Phi) is 5.27. The van der Waals surface area contributed by atoms with E-state index in [1.165, 1.54) is 4.90 Å². The Morgan fingerprint density at radius 3 is 2.72 bits per heavy atom. The first-order valence-electron chi connectivity index (χ1n) is 6.23. The van der Waals surface area contributed by atoms with Gasteiger partial charge in [-0.25, -0.2) is 0 Å². The second-order valence-corrected chi connectivity index (χ2v) is 5.00. The van der Waals surface area contributed by atoms with Gasteiger partial charge in [0.2, 0.25) is 0 Å². The molecule has 0 bridgehead atoms. The molecule has 0 aliphatic heterocycles. The smallest absolute Gasteiger partial charge is 0.276 e. The summed E-state index contributed by atoms with van der Waals surface area (Å²) in [5, 5.41) is 16.8. The lowest BCUT2D eigenvalue weighted by atomic mass is 10.1. The van der Waals surface area contributed by atoms with E-state index in [1.54, 1.807) is 24.9 Å². The Bertz CT molecular complexity index is 389. The maximum atomic E-state index is 12.0. The van der Waals surface area contributed by atoms with Crippen LogP contribution in [0.2, 0.25) is 0 Å². The van der Waals surface area contributed by atoms with Gasteiger partial charge in [0.05, 0.1) is 18.8 Å². The van der Waals surface area contributed by atoms with E-state index in [9.17, 15) is 4.79 Å². The number of aliphatic hydroxyl groups excluding tert-OH is 1. The van der Waals surface area contributed by atoms with E-state index in [4.69, 9.17) is 5.11 Å². The number of carbonyl (C=O) groups is 1. The maximum absolute atomic E-state index is 12.0. The molecule has 1 aromatic rings. The maximum Gasteiger partial charge on any atom is 0.276 e. The third-order valence-electron chi connectivity index (χ3n) is 2.94. The molecule has 1 atom stereocenters. The highest BCUT2D eigenvalue weighted by atomic mass is 16.3. The number of amides is 1. The zero-order valence-corrected chi connectivity index (χ0v) is 11.5. The molecule has 0 aromatic carbocycles. The fourth-order valence-electron chi connectivity index (χ4n) is 1.40. The first-order chi connectivity index (χ1) is 8.45. The number of aliphatic hydroxyl groups is 1. The Balaban J connectivity index is 2.64. The van der Waals surface area contributed by atoms with Gasteiger partial charge in [-0.1, -0.05) is 19.1 Å². The highest BCUT2D eigenvalue weighted by Crippen LogP contribution is 2.05. The number of carbonyl (C=O) groups excluding carboxylic acids is 1. The van der Waals surface area contributed by atoms with Gasteiger partial charge in [0.25, 0.3) is 5.91 Å². The molecule has 18 heavy (non-hydrogen) atoms. The van der Waals surface area contributed by atoms with Crippen molar-refractivity contribution in [3.05, 3.63) is 11.9 Å². The van der Waals surface area contributed by atoms with Crippen molar-refractivity contribution in [1.29, 1.82) is 0 Å². The molecular weight excluding hydrogens is 232 g/mol. The zero-order valence-electron chi connectivity index (χ0n) is 11.5. The van der Waals surface area contributed by atoms with Crippen molar-refractivity contribution in [2.45, 2.75) is 39.8 Å². The van der Waals surface area contributed by atoms with Gasteiger partial charge in [-0.05, 0) is 19.3 Å². The predicted molar refractivity (Wildman–Crippen MR) is 68.1 cm³/mol. The van der Waals surface area contributed by atoms with E-state index in [0.717, 1.165) is 13.0 Å². The quantitative estimate of drug-likeness (QED) is 0.814. The summed E-state index contributed by atoms with van der Waals surface area (Å²) in [5.41, 5.74) is 0.321. The molecule has 1 amide bonds. The molecule has 102 valence electrons. The van der Waals surface area contributed by atoms with Crippen LogP contribution in [0.1, 0.15) is 37.7 Å². The minimum atomic E-state index is -0.224. The third kappa shape index (κ3) is 3.80. The minimum Gasteiger partial charge on any atom is -0.394 e. The number of nitrogens with zero attached hydrogens (tertiary/aromatic N) is 4. The Hall–Kier alpha value is -1.43. The topological polar surface area (TPSA) is 71.2 Å². The first kappa shape index (κ1) is 14.6. The van der Waals surface area contributed by atoms with Crippen LogP contribution in [0, 0.1) is 5.92 Å². The molecule has 6 heteroatoms. The summed E-state index contributed by atoms with van der Waals surface area (Å²) in [4.78, 5) is 13.5. The molecule has 0 saturated carbocycles. The van der Waals surface area contributed by atoms with Crippen molar-refractivity contribution >= 4 is 5.91 Å². The monoisotopic (exact) mass is 254 g/mol. The van der Waals surface area contributed by atoms with Gasteiger partial charge in [-0.15, -0.1) is 5.10 Å². The molecule has 1 heterocycles. The van der Waals surface area contributed by atoms with E-state index in [-0.39, 0.29) is 18.6 Å². The fraction of sp³-hybridized carbons (Fsp3) is 0.750. The average Bonchev–Trinajstić information content (AvgIpc) is 2.82. The van der Waals surface area contributed by atoms with Gasteiger partial charge in [0.15, 0.2) is 5.69 Å². The van der Waals surface area contributed by atoms with Gasteiger partial charge in [0, 0.05) is 13.6 Å². The summed E-state index contributed by atoms with van der Waals surface area (Å²) in [5.74, 6) is 0.373. The average molecular weight is 254 g/mol. The third-order valence-corrected chi connectivity index (χ3v) is 2.94. The Morgan fingerprint density at radius 2 is 2.17 bits per heavy atom. The van der Waals surface area contributed by atoms with Crippen LogP contribution < -0.4 is 0 Å². The number of hydrogen-bond acceptors (Lipinski definition) is 4. The molecule has 0 saturated heterocycles. The van der Waals surface area contributed by atoms with Gasteiger partial charge in [-0.2, -0.15) is 0 Å². The molecule has 0 aliphatic rings. The van der Waals surface area contributed by atoms with Crippen LogP contribution in [0.3, 0.4) is 0 Å². The number of hydrogen-bond donors (Lipinski definition) is 1. The normalized spacial score (nSPS) is 12.8. The highest BCUT2D eigenvalue weighted by Gasteiger charge is 2.19. The van der Waals surface area contributed by atoms with E-state index < -0.39 is 0 Å². The Morgan fingerprint density at radius 1 is 1.50 bits per heavy atom. The summed E-state index contributed by atoms with van der Waals surface area (Å²) >= 11 is 0. The predicted octanol–water partition coefficient (Wildman–Crippen LogP) is 0.777. The number of likely N-dealkylation sites (N-methyl/N-ethyl adjacent to an activating group) is 1. The summed E-state index contributed by atoms with van der Waals surface area (Å²) < 4.78 is 1.69. The van der Waals surface area contributed by atoms with Crippen molar-refractivity contribution in [3.63, 3.8) is 0 Å². The van der Waals surface area contributed by atoms with E-state index >= 15 is 0 Å². The van der Waals surface area contributed by atoms with Gasteiger partial charge >= 0.3 is 0 Å². The van der Waals surface area contributed by atoms with Crippen LogP contribution in [0.5, 0.6) is 0 Å². The molecule has 1 aromatic heterocycles. The number of aryl methyl sites for hydroxylation is 1. The van der Waals surface area contributed by atoms with Crippen LogP contribution in [0.15, 0.2) is 6.20 Å². The van der Waals surface area contributed by atoms with Crippen LogP contribution in [-0.2, 0) is 6.54 Å². The molecule has 0 radical (unpaired) electrons. The standard InChI is InChI=1S/C12H22N4O2/c1-9(2)5-6-16-7-11(13-14-16)12(18)15(4)10(3)8-17/h7,9-10,17H,5-6,8H2,1-4H3. The highest BCUT2D eigenvalue weighted by molar-refractivity contribution is 5.91. The molecule has 1 rings (SSSR count).